The summed E-state index contributed by atoms with van der Waals surface area (Å²) in [7, 11) is 3.40. The Kier molecular flexibility index (Phi) is 6.89. The van der Waals surface area contributed by atoms with Crippen molar-refractivity contribution in [2.24, 2.45) is 0 Å². The molecule has 0 saturated carbocycles. The quantitative estimate of drug-likeness (QED) is 0.729. The van der Waals surface area contributed by atoms with Crippen LogP contribution in [0.25, 0.3) is 0 Å². The van der Waals surface area contributed by atoms with Crippen LogP contribution in [0, 0.1) is 0 Å². The standard InChI is InChI=1S/C21H26ClN5O3/c1-13(28)4-7-19(29)27-9-8-17(25-21-23-11-15(22)12-24-21)16-10-14(5-6-18(16)27)20(30)26(2)3/h5-6,10-13,17,28H,4,7-9H2,1-3H3,(H,23,24,25)/t13-,17+/m0/s1. The maximum Gasteiger partial charge on any atom is 0.253 e. The summed E-state index contributed by atoms with van der Waals surface area (Å²) in [4.78, 5) is 36.9. The normalized spacial score (nSPS) is 16.6. The Morgan fingerprint density at radius 2 is 2.03 bits per heavy atom. The first-order valence-corrected chi connectivity index (χ1v) is 10.2. The molecule has 9 heteroatoms. The number of hydrogen-bond donors (Lipinski definition) is 2. The van der Waals surface area contributed by atoms with E-state index >= 15 is 0 Å². The van der Waals surface area contributed by atoms with Crippen LogP contribution in [0.15, 0.2) is 30.6 Å². The lowest BCUT2D eigenvalue weighted by Gasteiger charge is -2.35. The highest BCUT2D eigenvalue weighted by Crippen LogP contribution is 2.37. The summed E-state index contributed by atoms with van der Waals surface area (Å²) in [6.45, 7) is 2.18. The predicted octanol–water partition coefficient (Wildman–Crippen LogP) is 2.88. The van der Waals surface area contributed by atoms with Gasteiger partial charge in [0, 0.05) is 38.3 Å². The summed E-state index contributed by atoms with van der Waals surface area (Å²) in [6.07, 6.45) is 3.78. The van der Waals surface area contributed by atoms with Crippen molar-refractivity contribution in [1.29, 1.82) is 0 Å². The van der Waals surface area contributed by atoms with Crippen molar-refractivity contribution in [1.82, 2.24) is 14.9 Å². The van der Waals surface area contributed by atoms with Crippen LogP contribution in [0.1, 0.15) is 48.1 Å². The summed E-state index contributed by atoms with van der Waals surface area (Å²) in [6, 6.07) is 5.19. The molecule has 0 bridgehead atoms. The van der Waals surface area contributed by atoms with E-state index in [1.807, 2.05) is 12.1 Å². The SMILES string of the molecule is C[C@H](O)CCC(=O)N1CC[C@@H](Nc2ncc(Cl)cn2)c2cc(C(=O)N(C)C)ccc21. The van der Waals surface area contributed by atoms with Crippen LogP contribution in [-0.2, 0) is 4.79 Å². The topological polar surface area (TPSA) is 98.7 Å². The minimum Gasteiger partial charge on any atom is -0.393 e. The van der Waals surface area contributed by atoms with Crippen molar-refractivity contribution < 1.29 is 14.7 Å². The molecule has 0 spiro atoms. The van der Waals surface area contributed by atoms with E-state index in [1.165, 1.54) is 17.3 Å². The number of nitrogens with zero attached hydrogens (tertiary/aromatic N) is 4. The molecule has 1 aromatic heterocycles. The molecular weight excluding hydrogens is 406 g/mol. The Morgan fingerprint density at radius 3 is 2.67 bits per heavy atom. The van der Waals surface area contributed by atoms with Gasteiger partial charge in [-0.15, -0.1) is 0 Å². The van der Waals surface area contributed by atoms with Crippen molar-refractivity contribution in [2.45, 2.75) is 38.3 Å². The average molecular weight is 432 g/mol. The fourth-order valence-corrected chi connectivity index (χ4v) is 3.52. The molecule has 2 heterocycles. The van der Waals surface area contributed by atoms with Gasteiger partial charge in [0.05, 0.1) is 29.6 Å². The molecule has 2 amide bonds. The molecule has 0 saturated heterocycles. The average Bonchev–Trinajstić information content (AvgIpc) is 2.72. The van der Waals surface area contributed by atoms with Crippen LogP contribution in [0.2, 0.25) is 5.02 Å². The second kappa shape index (κ2) is 9.40. The Labute approximate surface area is 180 Å². The Bertz CT molecular complexity index is 917. The summed E-state index contributed by atoms with van der Waals surface area (Å²) in [5.74, 6) is 0.260. The lowest BCUT2D eigenvalue weighted by Crippen LogP contribution is -2.38. The second-order valence-electron chi connectivity index (χ2n) is 7.62. The largest absolute Gasteiger partial charge is 0.393 e. The van der Waals surface area contributed by atoms with Crippen molar-refractivity contribution in [3.63, 3.8) is 0 Å². The number of nitrogens with one attached hydrogen (secondary N) is 1. The fourth-order valence-electron chi connectivity index (χ4n) is 3.42. The molecule has 0 aliphatic carbocycles. The number of benzene rings is 1. The molecule has 1 aliphatic rings. The van der Waals surface area contributed by atoms with E-state index < -0.39 is 6.10 Å². The highest BCUT2D eigenvalue weighted by Gasteiger charge is 2.30. The third-order valence-corrected chi connectivity index (χ3v) is 5.18. The zero-order chi connectivity index (χ0) is 21.8. The van der Waals surface area contributed by atoms with Crippen LogP contribution in [0.3, 0.4) is 0 Å². The molecule has 1 aliphatic heterocycles. The molecule has 0 unspecified atom stereocenters. The van der Waals surface area contributed by atoms with Gasteiger partial charge < -0.3 is 20.2 Å². The minimum absolute atomic E-state index is 0.0509. The summed E-state index contributed by atoms with van der Waals surface area (Å²) < 4.78 is 0. The number of hydrogen-bond acceptors (Lipinski definition) is 6. The van der Waals surface area contributed by atoms with E-state index in [-0.39, 0.29) is 24.3 Å². The molecule has 3 rings (SSSR count). The molecule has 2 atom stereocenters. The number of aromatic nitrogens is 2. The number of fused-ring (bicyclic) bond motifs is 1. The third-order valence-electron chi connectivity index (χ3n) is 4.99. The molecular formula is C21H26ClN5O3. The van der Waals surface area contributed by atoms with Gasteiger partial charge in [-0.2, -0.15) is 0 Å². The number of carbonyl (C=O) groups is 2. The molecule has 1 aromatic carbocycles. The van der Waals surface area contributed by atoms with Crippen molar-refractivity contribution in [3.05, 3.63) is 46.7 Å². The van der Waals surface area contributed by atoms with Crippen LogP contribution in [-0.4, -0.2) is 58.5 Å². The molecule has 0 radical (unpaired) electrons. The first-order valence-electron chi connectivity index (χ1n) is 9.84. The number of rotatable bonds is 6. The Morgan fingerprint density at radius 1 is 1.33 bits per heavy atom. The first kappa shape index (κ1) is 22.0. The lowest BCUT2D eigenvalue weighted by atomic mass is 9.93. The van der Waals surface area contributed by atoms with E-state index in [0.717, 1.165) is 11.3 Å². The molecule has 8 nitrogen and oxygen atoms in total. The zero-order valence-electron chi connectivity index (χ0n) is 17.3. The van der Waals surface area contributed by atoms with E-state index in [1.54, 1.807) is 32.0 Å². The summed E-state index contributed by atoms with van der Waals surface area (Å²) in [5.41, 5.74) is 2.12. The number of carbonyl (C=O) groups excluding carboxylic acids is 2. The number of anilines is 2. The van der Waals surface area contributed by atoms with Gasteiger partial charge in [0.15, 0.2) is 0 Å². The van der Waals surface area contributed by atoms with Crippen LogP contribution in [0.4, 0.5) is 11.6 Å². The first-order chi connectivity index (χ1) is 14.3. The van der Waals surface area contributed by atoms with Crippen molar-refractivity contribution in [2.75, 3.05) is 30.9 Å². The highest BCUT2D eigenvalue weighted by atomic mass is 35.5. The molecule has 0 fully saturated rings. The zero-order valence-corrected chi connectivity index (χ0v) is 18.1. The number of amides is 2. The van der Waals surface area contributed by atoms with E-state index in [4.69, 9.17) is 11.6 Å². The third kappa shape index (κ3) is 5.06. The van der Waals surface area contributed by atoms with Gasteiger partial charge in [-0.1, -0.05) is 11.6 Å². The van der Waals surface area contributed by atoms with Gasteiger partial charge >= 0.3 is 0 Å². The maximum absolute atomic E-state index is 12.8. The van der Waals surface area contributed by atoms with Crippen LogP contribution in [0.5, 0.6) is 0 Å². The summed E-state index contributed by atoms with van der Waals surface area (Å²) in [5, 5.41) is 13.3. The van der Waals surface area contributed by atoms with E-state index in [0.29, 0.717) is 35.9 Å². The Balaban J connectivity index is 1.93. The lowest BCUT2D eigenvalue weighted by molar-refractivity contribution is -0.119. The van der Waals surface area contributed by atoms with E-state index in [9.17, 15) is 14.7 Å². The Hall–Kier alpha value is -2.71. The van der Waals surface area contributed by atoms with Gasteiger partial charge in [0.2, 0.25) is 11.9 Å². The summed E-state index contributed by atoms with van der Waals surface area (Å²) >= 11 is 5.87. The maximum atomic E-state index is 12.8. The molecule has 160 valence electrons. The van der Waals surface area contributed by atoms with Gasteiger partial charge in [-0.25, -0.2) is 9.97 Å². The van der Waals surface area contributed by atoms with Gasteiger partial charge in [0.25, 0.3) is 5.91 Å². The molecule has 2 N–H and O–H groups in total. The van der Waals surface area contributed by atoms with Gasteiger partial charge in [-0.05, 0) is 43.5 Å². The number of aliphatic hydroxyl groups excluding tert-OH is 1. The van der Waals surface area contributed by atoms with Gasteiger partial charge in [0.1, 0.15) is 0 Å². The van der Waals surface area contributed by atoms with Crippen molar-refractivity contribution in [3.8, 4) is 0 Å². The minimum atomic E-state index is -0.533. The number of halogens is 1. The molecule has 2 aromatic rings. The smallest absolute Gasteiger partial charge is 0.253 e. The molecule has 30 heavy (non-hydrogen) atoms. The van der Waals surface area contributed by atoms with Crippen LogP contribution < -0.4 is 10.2 Å². The highest BCUT2D eigenvalue weighted by molar-refractivity contribution is 6.30. The number of aliphatic hydroxyl groups is 1. The van der Waals surface area contributed by atoms with Gasteiger partial charge in [-0.3, -0.25) is 9.59 Å². The van der Waals surface area contributed by atoms with Crippen molar-refractivity contribution >= 4 is 35.1 Å². The fraction of sp³-hybridized carbons (Fsp3) is 0.429. The monoisotopic (exact) mass is 431 g/mol. The van der Waals surface area contributed by atoms with E-state index in [2.05, 4.69) is 15.3 Å². The van der Waals surface area contributed by atoms with Crippen LogP contribution >= 0.6 is 11.6 Å². The predicted molar refractivity (Wildman–Crippen MR) is 116 cm³/mol. The second-order valence-corrected chi connectivity index (χ2v) is 8.05.